The topological polar surface area (TPSA) is 183 Å². The van der Waals surface area contributed by atoms with Gasteiger partial charge in [0.1, 0.15) is 17.1 Å². The van der Waals surface area contributed by atoms with Gasteiger partial charge in [0.15, 0.2) is 6.10 Å². The van der Waals surface area contributed by atoms with Gasteiger partial charge in [-0.3, -0.25) is 19.3 Å². The molecule has 4 rings (SSSR count). The zero-order chi connectivity index (χ0) is 22.3. The van der Waals surface area contributed by atoms with E-state index < -0.39 is 40.2 Å². The third-order valence-corrected chi connectivity index (χ3v) is 7.71. The zero-order valence-corrected chi connectivity index (χ0v) is 18.2. The van der Waals surface area contributed by atoms with Crippen LogP contribution in [0.5, 0.6) is 0 Å². The quantitative estimate of drug-likeness (QED) is 0.265. The van der Waals surface area contributed by atoms with Crippen LogP contribution in [0, 0.1) is 0 Å². The molecule has 4 N–H and O–H groups in total. The largest absolute Gasteiger partial charge is 0.477 e. The fraction of sp³-hybridized carbons (Fsp3) is 0.400. The molecule has 4 heterocycles. The highest BCUT2D eigenvalue weighted by Gasteiger charge is 2.54. The Morgan fingerprint density at radius 1 is 1.45 bits per heavy atom. The van der Waals surface area contributed by atoms with Crippen molar-refractivity contribution in [1.82, 2.24) is 35.4 Å². The van der Waals surface area contributed by atoms with Crippen molar-refractivity contribution in [3.05, 3.63) is 32.0 Å². The molecule has 0 spiro atoms. The van der Waals surface area contributed by atoms with Gasteiger partial charge in [-0.1, -0.05) is 23.1 Å². The van der Waals surface area contributed by atoms with Crippen molar-refractivity contribution in [2.75, 3.05) is 11.5 Å². The van der Waals surface area contributed by atoms with Gasteiger partial charge >= 0.3 is 10.8 Å². The molecule has 0 radical (unpaired) electrons. The normalized spacial score (nSPS) is 21.5. The standard InChI is InChI=1S/C15H15N7O6S3/c1-21-14(18-19-20-21)30-3-5-2-29-12-7(11(25)22(12)8(5)13(26)27)17-10(24)9(23)6-4-31-15(28)16-6/h4,7,9,12,23H,2-3H2,1H3,(H,16,28)(H,17,24)(H,26,27)/t7?,9?,12-/m0/s1. The molecule has 0 bridgehead atoms. The maximum atomic E-state index is 12.7. The number of aromatic amines is 1. The summed E-state index contributed by atoms with van der Waals surface area (Å²) in [6.07, 6.45) is -1.64. The SMILES string of the molecule is Cn1nnnc1SCC1=C(C(=O)O)N2C(=O)C(NC(=O)C(O)c3csc(=O)[nH]3)[C@@H]2SC1. The van der Waals surface area contributed by atoms with Crippen molar-refractivity contribution in [1.29, 1.82) is 0 Å². The van der Waals surface area contributed by atoms with E-state index in [-0.39, 0.29) is 17.1 Å². The van der Waals surface area contributed by atoms with E-state index in [1.807, 2.05) is 0 Å². The summed E-state index contributed by atoms with van der Waals surface area (Å²) >= 11 is 3.36. The fourth-order valence-electron chi connectivity index (χ4n) is 3.09. The molecule has 1 saturated heterocycles. The van der Waals surface area contributed by atoms with Crippen molar-refractivity contribution >= 4 is 52.6 Å². The van der Waals surface area contributed by atoms with Gasteiger partial charge in [-0.2, -0.15) is 0 Å². The lowest BCUT2D eigenvalue weighted by atomic mass is 10.0. The maximum absolute atomic E-state index is 12.7. The van der Waals surface area contributed by atoms with E-state index in [0.29, 0.717) is 16.5 Å². The minimum absolute atomic E-state index is 0.0242. The number of carbonyl (C=O) groups is 3. The van der Waals surface area contributed by atoms with Crippen LogP contribution in [0.4, 0.5) is 0 Å². The highest BCUT2D eigenvalue weighted by molar-refractivity contribution is 8.01. The predicted octanol–water partition coefficient (Wildman–Crippen LogP) is -1.48. The number of carbonyl (C=O) groups excluding carboxylic acids is 2. The summed E-state index contributed by atoms with van der Waals surface area (Å²) in [5, 5.41) is 34.5. The molecule has 0 aliphatic carbocycles. The first kappa shape index (κ1) is 21.5. The number of nitrogens with zero attached hydrogens (tertiary/aromatic N) is 5. The van der Waals surface area contributed by atoms with Crippen LogP contribution < -0.4 is 10.2 Å². The van der Waals surface area contributed by atoms with Crippen LogP contribution in [0.15, 0.2) is 26.6 Å². The molecule has 2 unspecified atom stereocenters. The van der Waals surface area contributed by atoms with Gasteiger partial charge in [0.25, 0.3) is 11.8 Å². The number of fused-ring (bicyclic) bond motifs is 1. The summed E-state index contributed by atoms with van der Waals surface area (Å²) in [6, 6.07) is -0.982. The molecule has 2 amide bonds. The molecule has 3 atom stereocenters. The second kappa shape index (κ2) is 8.45. The average Bonchev–Trinajstić information content (AvgIpc) is 3.36. The Balaban J connectivity index is 1.46. The number of amides is 2. The lowest BCUT2D eigenvalue weighted by Crippen LogP contribution is -2.70. The van der Waals surface area contributed by atoms with Crippen LogP contribution in [0.25, 0.3) is 0 Å². The first-order valence-corrected chi connectivity index (χ1v) is 11.6. The highest BCUT2D eigenvalue weighted by Crippen LogP contribution is 2.41. The van der Waals surface area contributed by atoms with Crippen LogP contribution in [0.1, 0.15) is 11.8 Å². The number of thioether (sulfide) groups is 2. The molecular formula is C15H15N7O6S3. The van der Waals surface area contributed by atoms with Gasteiger partial charge in [0, 0.05) is 23.9 Å². The lowest BCUT2D eigenvalue weighted by molar-refractivity contribution is -0.151. The van der Waals surface area contributed by atoms with Crippen molar-refractivity contribution in [3.8, 4) is 0 Å². The molecule has 2 aliphatic heterocycles. The Bertz CT molecular complexity index is 1140. The number of aromatic nitrogens is 5. The lowest BCUT2D eigenvalue weighted by Gasteiger charge is -2.49. The Morgan fingerprint density at radius 2 is 2.23 bits per heavy atom. The Labute approximate surface area is 185 Å². The summed E-state index contributed by atoms with van der Waals surface area (Å²) in [5.41, 5.74) is 0.441. The third kappa shape index (κ3) is 3.98. The van der Waals surface area contributed by atoms with E-state index in [1.54, 1.807) is 7.05 Å². The number of aryl methyl sites for hydroxylation is 1. The van der Waals surface area contributed by atoms with Gasteiger partial charge in [0.05, 0.1) is 5.69 Å². The number of carboxylic acid groups (broad SMARTS) is 1. The average molecular weight is 486 g/mol. The summed E-state index contributed by atoms with van der Waals surface area (Å²) in [5.74, 6) is -2.07. The van der Waals surface area contributed by atoms with Gasteiger partial charge < -0.3 is 20.5 Å². The van der Waals surface area contributed by atoms with E-state index in [1.165, 1.54) is 33.6 Å². The Hall–Kier alpha value is -2.69. The van der Waals surface area contributed by atoms with Crippen molar-refractivity contribution in [2.24, 2.45) is 7.05 Å². The van der Waals surface area contributed by atoms with Crippen LogP contribution in [-0.4, -0.2) is 81.0 Å². The van der Waals surface area contributed by atoms with Gasteiger partial charge in [0.2, 0.25) is 5.16 Å². The van der Waals surface area contributed by atoms with Gasteiger partial charge in [-0.15, -0.1) is 16.9 Å². The summed E-state index contributed by atoms with van der Waals surface area (Å²) in [7, 11) is 1.66. The number of rotatable bonds is 7. The molecule has 13 nitrogen and oxygen atoms in total. The van der Waals surface area contributed by atoms with Crippen molar-refractivity contribution < 1.29 is 24.6 Å². The van der Waals surface area contributed by atoms with Crippen LogP contribution >= 0.6 is 34.9 Å². The van der Waals surface area contributed by atoms with Crippen molar-refractivity contribution in [3.63, 3.8) is 0 Å². The first-order valence-electron chi connectivity index (χ1n) is 8.69. The molecule has 2 aliphatic rings. The molecule has 0 saturated carbocycles. The Kier molecular flexibility index (Phi) is 5.87. The number of aliphatic carboxylic acids is 1. The van der Waals surface area contributed by atoms with Crippen molar-refractivity contribution in [2.45, 2.75) is 22.7 Å². The number of β-lactam (4-membered cyclic amide) rings is 1. The minimum atomic E-state index is -1.64. The number of H-pyrrole nitrogens is 1. The summed E-state index contributed by atoms with van der Waals surface area (Å²) < 4.78 is 1.46. The smallest absolute Gasteiger partial charge is 0.352 e. The molecule has 0 aromatic carbocycles. The zero-order valence-electron chi connectivity index (χ0n) is 15.7. The minimum Gasteiger partial charge on any atom is -0.477 e. The van der Waals surface area contributed by atoms with Gasteiger partial charge in [-0.05, 0) is 16.0 Å². The number of tetrazole rings is 1. The third-order valence-electron chi connectivity index (χ3n) is 4.59. The number of hydrogen-bond donors (Lipinski definition) is 4. The number of aliphatic hydroxyl groups excluding tert-OH is 1. The van der Waals surface area contributed by atoms with E-state index in [9.17, 15) is 29.4 Å². The predicted molar refractivity (Wildman–Crippen MR) is 109 cm³/mol. The second-order valence-electron chi connectivity index (χ2n) is 6.53. The highest BCUT2D eigenvalue weighted by atomic mass is 32.2. The second-order valence-corrected chi connectivity index (χ2v) is 9.42. The fourth-order valence-corrected chi connectivity index (χ4v) is 6.02. The number of aliphatic hydroxyl groups is 1. The molecule has 2 aromatic heterocycles. The van der Waals surface area contributed by atoms with E-state index >= 15 is 0 Å². The molecule has 31 heavy (non-hydrogen) atoms. The first-order chi connectivity index (χ1) is 14.8. The van der Waals surface area contributed by atoms with Gasteiger partial charge in [-0.25, -0.2) is 9.48 Å². The summed E-state index contributed by atoms with van der Waals surface area (Å²) in [4.78, 5) is 51.1. The monoisotopic (exact) mass is 485 g/mol. The molecule has 16 heteroatoms. The van der Waals surface area contributed by atoms with E-state index in [4.69, 9.17) is 0 Å². The van der Waals surface area contributed by atoms with Crippen LogP contribution in [0.2, 0.25) is 0 Å². The number of nitrogens with one attached hydrogen (secondary N) is 2. The van der Waals surface area contributed by atoms with Crippen LogP contribution in [0.3, 0.4) is 0 Å². The number of thiazole rings is 1. The molecule has 1 fully saturated rings. The van der Waals surface area contributed by atoms with Crippen LogP contribution in [-0.2, 0) is 21.4 Å². The summed E-state index contributed by atoms with van der Waals surface area (Å²) in [6.45, 7) is 0. The molecule has 2 aromatic rings. The Morgan fingerprint density at radius 3 is 2.84 bits per heavy atom. The number of carboxylic acids is 1. The number of hydrogen-bond acceptors (Lipinski definition) is 11. The van der Waals surface area contributed by atoms with E-state index in [2.05, 4.69) is 25.8 Å². The maximum Gasteiger partial charge on any atom is 0.352 e. The molecule has 164 valence electrons. The van der Waals surface area contributed by atoms with E-state index in [0.717, 1.165) is 16.2 Å². The molecular weight excluding hydrogens is 470 g/mol.